The number of ether oxygens (including phenoxy) is 1. The second-order valence-corrected chi connectivity index (χ2v) is 7.09. The van der Waals surface area contributed by atoms with Gasteiger partial charge >= 0.3 is 5.97 Å². The SMILES string of the molecule is CCOc1cccc(-c2csc(-c3cc(C(=O)O)c4cc(F)ccc4n3)c2)c1. The molecule has 0 atom stereocenters. The van der Waals surface area contributed by atoms with Crippen LogP contribution in [-0.4, -0.2) is 22.7 Å². The summed E-state index contributed by atoms with van der Waals surface area (Å²) in [6, 6.07) is 15.3. The van der Waals surface area contributed by atoms with Crippen molar-refractivity contribution in [2.24, 2.45) is 0 Å². The number of carbonyl (C=O) groups is 1. The van der Waals surface area contributed by atoms with Crippen LogP contribution in [0.1, 0.15) is 17.3 Å². The van der Waals surface area contributed by atoms with Crippen molar-refractivity contribution >= 4 is 28.2 Å². The lowest BCUT2D eigenvalue weighted by Gasteiger charge is -2.06. The molecule has 4 nitrogen and oxygen atoms in total. The highest BCUT2D eigenvalue weighted by Gasteiger charge is 2.15. The van der Waals surface area contributed by atoms with E-state index in [1.54, 1.807) is 0 Å². The van der Waals surface area contributed by atoms with Gasteiger partial charge in [-0.05, 0) is 65.9 Å². The number of nitrogens with zero attached hydrogens (tertiary/aromatic N) is 1. The van der Waals surface area contributed by atoms with Crippen LogP contribution in [0.3, 0.4) is 0 Å². The van der Waals surface area contributed by atoms with Crippen LogP contribution in [0.15, 0.2) is 60.0 Å². The third kappa shape index (κ3) is 3.46. The number of rotatable bonds is 5. The topological polar surface area (TPSA) is 59.4 Å². The van der Waals surface area contributed by atoms with Crippen molar-refractivity contribution in [3.05, 3.63) is 71.4 Å². The fourth-order valence-electron chi connectivity index (χ4n) is 3.06. The molecule has 140 valence electrons. The first kappa shape index (κ1) is 18.1. The Hall–Kier alpha value is -3.25. The third-order valence-corrected chi connectivity index (χ3v) is 5.28. The van der Waals surface area contributed by atoms with Gasteiger partial charge in [0.1, 0.15) is 11.6 Å². The molecule has 2 aromatic carbocycles. The lowest BCUT2D eigenvalue weighted by atomic mass is 10.1. The van der Waals surface area contributed by atoms with Crippen LogP contribution < -0.4 is 4.74 Å². The Labute approximate surface area is 164 Å². The minimum atomic E-state index is -1.11. The van der Waals surface area contributed by atoms with Gasteiger partial charge < -0.3 is 9.84 Å². The molecule has 0 unspecified atom stereocenters. The normalized spacial score (nSPS) is 10.9. The number of hydrogen-bond donors (Lipinski definition) is 1. The van der Waals surface area contributed by atoms with E-state index in [-0.39, 0.29) is 10.9 Å². The second-order valence-electron chi connectivity index (χ2n) is 6.18. The standard InChI is InChI=1S/C22H16FNO3S/c1-2-27-16-5-3-4-13(8-16)14-9-21(28-12-14)20-11-18(22(25)26)17-10-15(23)6-7-19(17)24-20/h3-12H,2H2,1H3,(H,25,26). The lowest BCUT2D eigenvalue weighted by molar-refractivity contribution is 0.0699. The molecule has 0 spiro atoms. The Bertz CT molecular complexity index is 1190. The molecular weight excluding hydrogens is 377 g/mol. The van der Waals surface area contributed by atoms with Crippen LogP contribution >= 0.6 is 11.3 Å². The number of aromatic nitrogens is 1. The number of hydrogen-bond acceptors (Lipinski definition) is 4. The van der Waals surface area contributed by atoms with Crippen LogP contribution in [0.25, 0.3) is 32.6 Å². The molecule has 0 aliphatic carbocycles. The highest BCUT2D eigenvalue weighted by molar-refractivity contribution is 7.14. The van der Waals surface area contributed by atoms with E-state index in [4.69, 9.17) is 4.74 Å². The molecule has 4 rings (SSSR count). The maximum Gasteiger partial charge on any atom is 0.336 e. The van der Waals surface area contributed by atoms with E-state index < -0.39 is 11.8 Å². The van der Waals surface area contributed by atoms with Gasteiger partial charge in [-0.3, -0.25) is 0 Å². The molecule has 0 aliphatic rings. The van der Waals surface area contributed by atoms with Crippen molar-refractivity contribution in [3.8, 4) is 27.4 Å². The number of carboxylic acid groups (broad SMARTS) is 1. The maximum atomic E-state index is 13.6. The van der Waals surface area contributed by atoms with Gasteiger partial charge in [-0.2, -0.15) is 0 Å². The summed E-state index contributed by atoms with van der Waals surface area (Å²) in [4.78, 5) is 17.1. The smallest absolute Gasteiger partial charge is 0.336 e. The average molecular weight is 393 g/mol. The van der Waals surface area contributed by atoms with Gasteiger partial charge in [0.2, 0.25) is 0 Å². The van der Waals surface area contributed by atoms with E-state index >= 15 is 0 Å². The summed E-state index contributed by atoms with van der Waals surface area (Å²) in [5.74, 6) is -0.802. The summed E-state index contributed by atoms with van der Waals surface area (Å²) in [6.45, 7) is 2.53. The molecule has 0 aliphatic heterocycles. The average Bonchev–Trinajstić information content (AvgIpc) is 3.18. The predicted molar refractivity (Wildman–Crippen MR) is 109 cm³/mol. The highest BCUT2D eigenvalue weighted by atomic mass is 32.1. The summed E-state index contributed by atoms with van der Waals surface area (Å²) in [5.41, 5.74) is 3.04. The molecule has 0 saturated heterocycles. The van der Waals surface area contributed by atoms with Crippen LogP contribution in [0.2, 0.25) is 0 Å². The molecule has 0 amide bonds. The largest absolute Gasteiger partial charge is 0.494 e. The van der Waals surface area contributed by atoms with E-state index in [0.29, 0.717) is 17.8 Å². The number of halogens is 1. The van der Waals surface area contributed by atoms with E-state index in [1.165, 1.54) is 35.6 Å². The zero-order valence-electron chi connectivity index (χ0n) is 15.0. The zero-order valence-corrected chi connectivity index (χ0v) is 15.8. The molecule has 0 radical (unpaired) electrons. The molecule has 0 fully saturated rings. The van der Waals surface area contributed by atoms with Gasteiger partial charge in [-0.1, -0.05) is 12.1 Å². The van der Waals surface area contributed by atoms with Crippen molar-refractivity contribution in [2.75, 3.05) is 6.61 Å². The van der Waals surface area contributed by atoms with E-state index in [1.807, 2.05) is 42.6 Å². The van der Waals surface area contributed by atoms with Crippen LogP contribution in [0.4, 0.5) is 4.39 Å². The number of carboxylic acids is 1. The van der Waals surface area contributed by atoms with Crippen molar-refractivity contribution in [1.29, 1.82) is 0 Å². The van der Waals surface area contributed by atoms with Gasteiger partial charge in [0.15, 0.2) is 0 Å². The molecular formula is C22H16FNO3S. The van der Waals surface area contributed by atoms with Crippen molar-refractivity contribution in [3.63, 3.8) is 0 Å². The third-order valence-electron chi connectivity index (χ3n) is 4.33. The fourth-order valence-corrected chi connectivity index (χ4v) is 3.93. The Morgan fingerprint density at radius 3 is 2.79 bits per heavy atom. The summed E-state index contributed by atoms with van der Waals surface area (Å²) < 4.78 is 19.1. The molecule has 28 heavy (non-hydrogen) atoms. The summed E-state index contributed by atoms with van der Waals surface area (Å²) in [5, 5.41) is 11.8. The molecule has 4 aromatic rings. The van der Waals surface area contributed by atoms with Crippen molar-refractivity contribution in [2.45, 2.75) is 6.92 Å². The molecule has 0 saturated carbocycles. The molecule has 0 bridgehead atoms. The van der Waals surface area contributed by atoms with E-state index in [0.717, 1.165) is 21.8 Å². The van der Waals surface area contributed by atoms with Crippen LogP contribution in [0.5, 0.6) is 5.75 Å². The molecule has 1 N–H and O–H groups in total. The highest BCUT2D eigenvalue weighted by Crippen LogP contribution is 2.34. The molecule has 2 aromatic heterocycles. The van der Waals surface area contributed by atoms with Crippen LogP contribution in [0, 0.1) is 5.82 Å². The molecule has 2 heterocycles. The number of pyridine rings is 1. The summed E-state index contributed by atoms with van der Waals surface area (Å²) in [6.07, 6.45) is 0. The minimum Gasteiger partial charge on any atom is -0.494 e. The Morgan fingerprint density at radius 2 is 2.00 bits per heavy atom. The van der Waals surface area contributed by atoms with Gasteiger partial charge in [-0.25, -0.2) is 14.2 Å². The van der Waals surface area contributed by atoms with E-state index in [2.05, 4.69) is 4.98 Å². The first-order valence-electron chi connectivity index (χ1n) is 8.71. The summed E-state index contributed by atoms with van der Waals surface area (Å²) >= 11 is 1.48. The summed E-state index contributed by atoms with van der Waals surface area (Å²) in [7, 11) is 0. The maximum absolute atomic E-state index is 13.6. The minimum absolute atomic E-state index is 0.0350. The first-order valence-corrected chi connectivity index (χ1v) is 9.59. The zero-order chi connectivity index (χ0) is 19.7. The predicted octanol–water partition coefficient (Wildman–Crippen LogP) is 5.87. The van der Waals surface area contributed by atoms with Crippen molar-refractivity contribution in [1.82, 2.24) is 4.98 Å². The van der Waals surface area contributed by atoms with Crippen LogP contribution in [-0.2, 0) is 0 Å². The number of thiophene rings is 1. The Kier molecular flexibility index (Phi) is 4.79. The number of aromatic carboxylic acids is 1. The first-order chi connectivity index (χ1) is 13.5. The van der Waals surface area contributed by atoms with E-state index in [9.17, 15) is 14.3 Å². The van der Waals surface area contributed by atoms with Gasteiger partial charge in [0.05, 0.1) is 28.3 Å². The lowest BCUT2D eigenvalue weighted by Crippen LogP contribution is -2.00. The Balaban J connectivity index is 1.78. The number of benzene rings is 2. The van der Waals surface area contributed by atoms with Gasteiger partial charge in [0, 0.05) is 5.39 Å². The second kappa shape index (κ2) is 7.40. The quantitative estimate of drug-likeness (QED) is 0.461. The van der Waals surface area contributed by atoms with Crippen molar-refractivity contribution < 1.29 is 19.0 Å². The number of fused-ring (bicyclic) bond motifs is 1. The van der Waals surface area contributed by atoms with Gasteiger partial charge in [-0.15, -0.1) is 11.3 Å². The van der Waals surface area contributed by atoms with Gasteiger partial charge in [0.25, 0.3) is 0 Å². The monoisotopic (exact) mass is 393 g/mol. The fraction of sp³-hybridized carbons (Fsp3) is 0.0909. The Morgan fingerprint density at radius 1 is 1.14 bits per heavy atom. The molecule has 6 heteroatoms.